The first-order valence-electron chi connectivity index (χ1n) is 6.99. The molecule has 116 valence electrons. The molecule has 0 fully saturated rings. The molecule has 2 heterocycles. The molecule has 0 aliphatic heterocycles. The zero-order valence-electron chi connectivity index (χ0n) is 12.7. The van der Waals surface area contributed by atoms with Crippen LogP contribution in [0, 0.1) is 6.92 Å². The highest BCUT2D eigenvalue weighted by Gasteiger charge is 2.20. The van der Waals surface area contributed by atoms with Gasteiger partial charge in [0, 0.05) is 11.5 Å². The lowest BCUT2D eigenvalue weighted by molar-refractivity contribution is -0.360. The summed E-state index contributed by atoms with van der Waals surface area (Å²) in [5.41, 5.74) is 0.515. The Hall–Kier alpha value is -3.15. The Morgan fingerprint density at radius 2 is 2.09 bits per heavy atom. The van der Waals surface area contributed by atoms with E-state index in [1.165, 1.54) is 13.2 Å². The van der Waals surface area contributed by atoms with Gasteiger partial charge in [0.05, 0.1) is 13.3 Å². The molecule has 6 heteroatoms. The van der Waals surface area contributed by atoms with Gasteiger partial charge in [-0.2, -0.15) is 0 Å². The average Bonchev–Trinajstić information content (AvgIpc) is 2.53. The molecular weight excluding hydrogens is 296 g/mol. The van der Waals surface area contributed by atoms with Crippen molar-refractivity contribution in [2.75, 3.05) is 12.4 Å². The topological polar surface area (TPSA) is 82.7 Å². The van der Waals surface area contributed by atoms with E-state index in [2.05, 4.69) is 10.3 Å². The third-order valence-corrected chi connectivity index (χ3v) is 3.39. The smallest absolute Gasteiger partial charge is 0.351 e. The normalized spacial score (nSPS) is 10.5. The molecule has 2 N–H and O–H groups in total. The molecule has 3 rings (SSSR count). The molecule has 2 aromatic heterocycles. The standard InChI is InChI=1S/C17H14N2O4/c1-10-6-7-18-14(8-10)19-16(20)12-9-11-4-3-5-13(22-2)15(11)23-17(12)21/h3-9H,1-2H3,(H,18,19,20)/p+1. The zero-order chi connectivity index (χ0) is 16.4. The van der Waals surface area contributed by atoms with Crippen LogP contribution in [0.5, 0.6) is 5.75 Å². The fraction of sp³-hybridized carbons (Fsp3) is 0.118. The Morgan fingerprint density at radius 1 is 1.26 bits per heavy atom. The quantitative estimate of drug-likeness (QED) is 0.752. The molecule has 0 aliphatic rings. The molecule has 1 amide bonds. The molecule has 0 bridgehead atoms. The predicted octanol–water partition coefficient (Wildman–Crippen LogP) is 2.18. The fourth-order valence-corrected chi connectivity index (χ4v) is 2.28. The van der Waals surface area contributed by atoms with Crippen molar-refractivity contribution < 1.29 is 18.9 Å². The molecule has 3 aromatic rings. The van der Waals surface area contributed by atoms with Crippen LogP contribution in [0.15, 0.2) is 51.8 Å². The Kier molecular flexibility index (Phi) is 3.80. The van der Waals surface area contributed by atoms with Crippen molar-refractivity contribution in [1.29, 1.82) is 0 Å². The maximum atomic E-state index is 12.3. The minimum Gasteiger partial charge on any atom is -0.493 e. The van der Waals surface area contributed by atoms with E-state index in [-0.39, 0.29) is 5.56 Å². The van der Waals surface area contributed by atoms with Gasteiger partial charge in [0.15, 0.2) is 16.9 Å². The second-order valence-electron chi connectivity index (χ2n) is 5.06. The first-order valence-corrected chi connectivity index (χ1v) is 6.99. The number of hydrogen-bond donors (Lipinski definition) is 1. The molecule has 0 spiro atoms. The molecule has 0 radical (unpaired) electrons. The van der Waals surface area contributed by atoms with Crippen LogP contribution in [0.25, 0.3) is 11.0 Å². The Bertz CT molecular complexity index is 947. The number of para-hydroxylation sites is 1. The molecule has 1 aromatic carbocycles. The van der Waals surface area contributed by atoms with Gasteiger partial charge in [0.25, 0.3) is 5.82 Å². The van der Waals surface area contributed by atoms with E-state index in [1.807, 2.05) is 13.0 Å². The van der Waals surface area contributed by atoms with E-state index in [0.29, 0.717) is 22.5 Å². The molecule has 0 saturated carbocycles. The lowest BCUT2D eigenvalue weighted by Crippen LogP contribution is -2.24. The van der Waals surface area contributed by atoms with E-state index < -0.39 is 11.5 Å². The van der Waals surface area contributed by atoms with Crippen molar-refractivity contribution in [2.24, 2.45) is 0 Å². The highest BCUT2D eigenvalue weighted by Crippen LogP contribution is 2.24. The van der Waals surface area contributed by atoms with Gasteiger partial charge in [-0.15, -0.1) is 0 Å². The summed E-state index contributed by atoms with van der Waals surface area (Å²) in [7, 11) is 1.49. The van der Waals surface area contributed by atoms with E-state index in [0.717, 1.165) is 5.56 Å². The summed E-state index contributed by atoms with van der Waals surface area (Å²) in [5.74, 6) is 0.407. The maximum absolute atomic E-state index is 12.3. The van der Waals surface area contributed by atoms with Gasteiger partial charge >= 0.3 is 11.5 Å². The summed E-state index contributed by atoms with van der Waals surface area (Å²) < 4.78 is 10.4. The average molecular weight is 311 g/mol. The summed E-state index contributed by atoms with van der Waals surface area (Å²) in [6, 6.07) is 10.3. The minimum absolute atomic E-state index is 0.0688. The third kappa shape index (κ3) is 2.91. The Labute approximate surface area is 131 Å². The molecular formula is C17H15N2O4+. The van der Waals surface area contributed by atoms with Gasteiger partial charge in [-0.05, 0) is 30.7 Å². The second-order valence-corrected chi connectivity index (χ2v) is 5.06. The number of carbonyl (C=O) groups excluding carboxylic acids is 1. The third-order valence-electron chi connectivity index (χ3n) is 3.39. The molecule has 0 unspecified atom stereocenters. The maximum Gasteiger partial charge on any atom is 0.351 e. The van der Waals surface area contributed by atoms with Crippen molar-refractivity contribution in [2.45, 2.75) is 6.92 Å². The van der Waals surface area contributed by atoms with Crippen molar-refractivity contribution in [3.05, 3.63) is 64.1 Å². The van der Waals surface area contributed by atoms with Gasteiger partial charge in [-0.3, -0.25) is 0 Å². The van der Waals surface area contributed by atoms with Crippen LogP contribution in [-0.2, 0) is 0 Å². The van der Waals surface area contributed by atoms with Crippen molar-refractivity contribution in [3.63, 3.8) is 0 Å². The monoisotopic (exact) mass is 311 g/mol. The number of aromatic amines is 1. The van der Waals surface area contributed by atoms with Crippen LogP contribution in [0.2, 0.25) is 0 Å². The van der Waals surface area contributed by atoms with Gasteiger partial charge in [-0.25, -0.2) is 19.9 Å². The highest BCUT2D eigenvalue weighted by molar-refractivity contribution is 6.04. The number of anilines is 1. The summed E-state index contributed by atoms with van der Waals surface area (Å²) in [4.78, 5) is 27.3. The van der Waals surface area contributed by atoms with Gasteiger partial charge in [-0.1, -0.05) is 12.1 Å². The molecule has 23 heavy (non-hydrogen) atoms. The largest absolute Gasteiger partial charge is 0.493 e. The molecule has 0 atom stereocenters. The van der Waals surface area contributed by atoms with Crippen LogP contribution in [0.3, 0.4) is 0 Å². The van der Waals surface area contributed by atoms with E-state index >= 15 is 0 Å². The number of aryl methyl sites for hydroxylation is 1. The SMILES string of the molecule is COc1cccc2cc(C(=O)Nc3cc(C)cc[nH+]3)c(=O)oc12. The van der Waals surface area contributed by atoms with Gasteiger partial charge in [0.1, 0.15) is 0 Å². The number of rotatable bonds is 3. The van der Waals surface area contributed by atoms with Crippen LogP contribution in [-0.4, -0.2) is 13.0 Å². The Balaban J connectivity index is 2.01. The van der Waals surface area contributed by atoms with Crippen LogP contribution < -0.4 is 20.7 Å². The number of H-pyrrole nitrogens is 1. The second kappa shape index (κ2) is 5.92. The van der Waals surface area contributed by atoms with Crippen molar-refractivity contribution in [3.8, 4) is 5.75 Å². The van der Waals surface area contributed by atoms with E-state index in [1.54, 1.807) is 30.5 Å². The summed E-state index contributed by atoms with van der Waals surface area (Å²) in [6.45, 7) is 1.90. The summed E-state index contributed by atoms with van der Waals surface area (Å²) in [5, 5.41) is 3.26. The number of methoxy groups -OCH3 is 1. The summed E-state index contributed by atoms with van der Waals surface area (Å²) in [6.07, 6.45) is 1.71. The molecule has 6 nitrogen and oxygen atoms in total. The van der Waals surface area contributed by atoms with Crippen molar-refractivity contribution in [1.82, 2.24) is 0 Å². The summed E-state index contributed by atoms with van der Waals surface area (Å²) >= 11 is 0. The lowest BCUT2D eigenvalue weighted by atomic mass is 10.1. The molecule has 0 aliphatic carbocycles. The minimum atomic E-state index is -0.716. The number of carbonyl (C=O) groups is 1. The predicted molar refractivity (Wildman–Crippen MR) is 84.7 cm³/mol. The number of aromatic nitrogens is 1. The number of pyridine rings is 1. The number of hydrogen-bond acceptors (Lipinski definition) is 4. The van der Waals surface area contributed by atoms with Crippen LogP contribution in [0.1, 0.15) is 15.9 Å². The number of ether oxygens (including phenoxy) is 1. The highest BCUT2D eigenvalue weighted by atomic mass is 16.5. The van der Waals surface area contributed by atoms with Gasteiger partial charge < -0.3 is 9.15 Å². The van der Waals surface area contributed by atoms with Crippen LogP contribution in [0.4, 0.5) is 5.82 Å². The van der Waals surface area contributed by atoms with Crippen LogP contribution >= 0.6 is 0 Å². The Morgan fingerprint density at radius 3 is 2.83 bits per heavy atom. The van der Waals surface area contributed by atoms with E-state index in [4.69, 9.17) is 9.15 Å². The van der Waals surface area contributed by atoms with E-state index in [9.17, 15) is 9.59 Å². The number of fused-ring (bicyclic) bond motifs is 1. The molecule has 0 saturated heterocycles. The lowest BCUT2D eigenvalue weighted by Gasteiger charge is -2.04. The first-order chi connectivity index (χ1) is 11.1. The number of benzene rings is 1. The first kappa shape index (κ1) is 14.8. The number of nitrogens with one attached hydrogen (secondary N) is 2. The zero-order valence-corrected chi connectivity index (χ0v) is 12.7. The van der Waals surface area contributed by atoms with Crippen molar-refractivity contribution >= 4 is 22.7 Å². The van der Waals surface area contributed by atoms with Gasteiger partial charge in [0.2, 0.25) is 0 Å². The number of amides is 1. The fourth-order valence-electron chi connectivity index (χ4n) is 2.28.